The molecule has 1 aromatic rings. The van der Waals surface area contributed by atoms with E-state index in [-0.39, 0.29) is 121 Å². The molecular formula is C68H119N21O16. The normalized spacial score (nSPS) is 19.3. The van der Waals surface area contributed by atoms with Crippen molar-refractivity contribution in [2.45, 2.75) is 276 Å². The summed E-state index contributed by atoms with van der Waals surface area (Å²) in [6, 6.07) is -17.1. The maximum Gasteiger partial charge on any atom is 0.303 e. The highest BCUT2D eigenvalue weighted by atomic mass is 16.4. The molecule has 0 aromatic carbocycles. The Bertz CT molecular complexity index is 3060. The number of guanidine groups is 1. The molecule has 0 saturated carbocycles. The number of carboxylic acids is 1. The van der Waals surface area contributed by atoms with Gasteiger partial charge in [0.1, 0.15) is 72.5 Å². The minimum absolute atomic E-state index is 0.00967. The smallest absolute Gasteiger partial charge is 0.303 e. The molecule has 105 heavy (non-hydrogen) atoms. The van der Waals surface area contributed by atoms with Crippen molar-refractivity contribution in [3.8, 4) is 0 Å². The molecule has 0 spiro atoms. The average molecular weight is 1490 g/mol. The lowest BCUT2D eigenvalue weighted by Gasteiger charge is -2.30. The standard InChI is InChI=1S/C68H119N21O16/c1-11-14-20-43(59(97)84-48(25-27-53(92)93)63(101)89-55(38(7)13-3)67(105)88-54(56(71)94)37(6)12-2)81-64(102)49(31-36(4)5)86-61(99)44(21-15-17-28-69)80-60(98)46(23-19-30-76-68(72)73)83-65(103)50(32-39(8)70)87-62(100)45-22-16-18-29-75-52(91)26-24-47(79-41(10)90)58(96)78-40(9)57(95)85-51(66(104)82-45)33-42-34-74-35-77-42/h34-40,43-51,54-55H,11-33,69-70H2,1-10H3,(H2,71,94)(H,74,77)(H,75,91)(H,78,96)(H,79,90)(H,80,98)(H,81,102)(H,82,104)(H,83,103)(H,84,97)(H,85,95)(H,86,99)(H,87,100)(H,88,105)(H,89,101)(H,92,93)(H4,72,73,76)/t37-,38-,39?,40-,43-,44-,45-,46-,47-,48-,49-,50-,51-,54-,55-/m0/s1. The fraction of sp³-hybridized carbons (Fsp3) is 0.721. The number of imidazole rings is 1. The molecule has 1 saturated heterocycles. The largest absolute Gasteiger partial charge is 0.481 e. The monoisotopic (exact) mass is 1490 g/mol. The number of aromatic nitrogens is 2. The lowest BCUT2D eigenvalue weighted by molar-refractivity contribution is -0.139. The number of aromatic amines is 1. The second-order valence-electron chi connectivity index (χ2n) is 27.4. The van der Waals surface area contributed by atoms with Crippen LogP contribution in [0.3, 0.4) is 0 Å². The molecule has 15 atom stereocenters. The van der Waals surface area contributed by atoms with Gasteiger partial charge in [-0.15, -0.1) is 0 Å². The number of aliphatic carboxylic acids is 1. The van der Waals surface area contributed by atoms with Crippen LogP contribution in [0.4, 0.5) is 0 Å². The maximum absolute atomic E-state index is 14.8. The number of primary amides is 1. The van der Waals surface area contributed by atoms with Crippen LogP contribution >= 0.6 is 0 Å². The highest BCUT2D eigenvalue weighted by molar-refractivity contribution is 6.00. The molecule has 37 nitrogen and oxygen atoms in total. The quantitative estimate of drug-likeness (QED) is 0.0171. The van der Waals surface area contributed by atoms with Crippen molar-refractivity contribution >= 4 is 94.6 Å². The Morgan fingerprint density at radius 3 is 1.67 bits per heavy atom. The average Bonchev–Trinajstić information content (AvgIpc) is 1.66. The third kappa shape index (κ3) is 35.2. The van der Waals surface area contributed by atoms with E-state index >= 15 is 0 Å². The van der Waals surface area contributed by atoms with Crippen LogP contribution in [0.1, 0.15) is 197 Å². The van der Waals surface area contributed by atoms with Gasteiger partial charge in [-0.25, -0.2) is 4.98 Å². The zero-order chi connectivity index (χ0) is 79.0. The predicted octanol–water partition coefficient (Wildman–Crippen LogP) is -3.51. The first-order chi connectivity index (χ1) is 49.5. The van der Waals surface area contributed by atoms with Gasteiger partial charge in [-0.05, 0) is 122 Å². The number of amides is 14. The Labute approximate surface area is 614 Å². The molecule has 0 radical (unpaired) electrons. The second kappa shape index (κ2) is 48.5. The molecule has 1 aliphatic rings. The van der Waals surface area contributed by atoms with Crippen molar-refractivity contribution < 1.29 is 77.0 Å². The summed E-state index contributed by atoms with van der Waals surface area (Å²) in [7, 11) is 0. The van der Waals surface area contributed by atoms with Crippen LogP contribution in [0, 0.1) is 17.8 Å². The molecule has 2 rings (SSSR count). The van der Waals surface area contributed by atoms with Crippen molar-refractivity contribution in [2.75, 3.05) is 19.6 Å². The fourth-order valence-corrected chi connectivity index (χ4v) is 11.2. The number of hydrogen-bond donors (Lipinski definition) is 20. The van der Waals surface area contributed by atoms with Gasteiger partial charge in [-0.2, -0.15) is 0 Å². The first-order valence-electron chi connectivity index (χ1n) is 36.4. The van der Waals surface area contributed by atoms with Crippen LogP contribution in [0.5, 0.6) is 0 Å². The summed E-state index contributed by atoms with van der Waals surface area (Å²) in [5.41, 5.74) is 29.4. The first-order valence-corrected chi connectivity index (χ1v) is 36.4. The van der Waals surface area contributed by atoms with E-state index in [0.29, 0.717) is 37.8 Å². The number of hydrogen-bond acceptors (Lipinski definition) is 19. The van der Waals surface area contributed by atoms with E-state index in [2.05, 4.69) is 84.1 Å². The summed E-state index contributed by atoms with van der Waals surface area (Å²) in [5, 5.41) is 44.1. The van der Waals surface area contributed by atoms with Crippen molar-refractivity contribution in [1.82, 2.24) is 79.1 Å². The summed E-state index contributed by atoms with van der Waals surface area (Å²) in [6.07, 6.45) is 3.62. The lowest BCUT2D eigenvalue weighted by atomic mass is 9.94. The molecule has 25 N–H and O–H groups in total. The number of carbonyl (C=O) groups excluding carboxylic acids is 14. The molecule has 1 fully saturated rings. The molecule has 2 heterocycles. The Morgan fingerprint density at radius 1 is 0.619 bits per heavy atom. The number of carbonyl (C=O) groups is 15. The van der Waals surface area contributed by atoms with E-state index in [0.717, 1.165) is 0 Å². The number of unbranched alkanes of at least 4 members (excludes halogenated alkanes) is 2. The van der Waals surface area contributed by atoms with Crippen molar-refractivity contribution in [3.63, 3.8) is 0 Å². The van der Waals surface area contributed by atoms with Gasteiger partial charge in [0, 0.05) is 57.2 Å². The molecule has 1 unspecified atom stereocenters. The Kier molecular flexibility index (Phi) is 42.3. The SMILES string of the molecule is CCCC[C@H](NC(=O)[C@H](CC(C)C)NC(=O)[C@H](CCCCN)NC(=O)[C@H](CCCN=C(N)N)NC(=O)[C@H](CC(C)N)NC(=O)[C@@H]1CCCCNC(=O)CC[C@H](NC(C)=O)C(=O)N[C@@H](C)C(=O)N[C@@H](Cc2cnc[nH]2)C(=O)N1)C(=O)N[C@@H](CCC(=O)O)C(=O)N[C@H](C(=O)N[C@H](C(N)=O)[C@@H](C)CC)[C@@H](C)CC. The van der Waals surface area contributed by atoms with Crippen LogP contribution in [-0.4, -0.2) is 208 Å². The van der Waals surface area contributed by atoms with Gasteiger partial charge in [-0.3, -0.25) is 76.9 Å². The molecule has 37 heteroatoms. The van der Waals surface area contributed by atoms with Gasteiger partial charge in [0.2, 0.25) is 82.7 Å². The molecule has 0 aliphatic carbocycles. The number of nitrogens with two attached hydrogens (primary N) is 5. The van der Waals surface area contributed by atoms with E-state index in [1.165, 1.54) is 26.4 Å². The van der Waals surface area contributed by atoms with Gasteiger partial charge in [0.15, 0.2) is 5.96 Å². The van der Waals surface area contributed by atoms with Crippen molar-refractivity contribution in [3.05, 3.63) is 18.2 Å². The highest BCUT2D eigenvalue weighted by Gasteiger charge is 2.38. The fourth-order valence-electron chi connectivity index (χ4n) is 11.2. The van der Waals surface area contributed by atoms with E-state index in [4.69, 9.17) is 28.7 Å². The number of H-pyrrole nitrogens is 1. The number of nitrogens with zero attached hydrogens (tertiary/aromatic N) is 2. The Morgan fingerprint density at radius 2 is 1.15 bits per heavy atom. The number of rotatable bonds is 42. The second-order valence-corrected chi connectivity index (χ2v) is 27.4. The number of nitrogens with one attached hydrogen (secondary N) is 14. The van der Waals surface area contributed by atoms with Crippen LogP contribution in [0.25, 0.3) is 0 Å². The van der Waals surface area contributed by atoms with Gasteiger partial charge in [0.05, 0.1) is 6.33 Å². The van der Waals surface area contributed by atoms with E-state index < -0.39 is 186 Å². The number of aliphatic imine (C=N–C) groups is 1. The first kappa shape index (κ1) is 91.5. The van der Waals surface area contributed by atoms with E-state index in [9.17, 15) is 77.0 Å². The Balaban J connectivity index is 2.60. The molecule has 0 bridgehead atoms. The minimum Gasteiger partial charge on any atom is -0.481 e. The highest BCUT2D eigenvalue weighted by Crippen LogP contribution is 2.17. The van der Waals surface area contributed by atoms with Crippen LogP contribution in [0.2, 0.25) is 0 Å². The summed E-state index contributed by atoms with van der Waals surface area (Å²) in [6.45, 7) is 16.7. The van der Waals surface area contributed by atoms with Crippen molar-refractivity contribution in [1.29, 1.82) is 0 Å². The molecular weight excluding hydrogens is 1370 g/mol. The minimum atomic E-state index is -1.55. The summed E-state index contributed by atoms with van der Waals surface area (Å²) in [4.78, 5) is 217. The van der Waals surface area contributed by atoms with E-state index in [1.54, 1.807) is 48.5 Å². The van der Waals surface area contributed by atoms with Crippen LogP contribution < -0.4 is 97.8 Å². The van der Waals surface area contributed by atoms with Gasteiger partial charge in [0.25, 0.3) is 0 Å². The summed E-state index contributed by atoms with van der Waals surface area (Å²) >= 11 is 0. The maximum atomic E-state index is 14.8. The predicted molar refractivity (Wildman–Crippen MR) is 388 cm³/mol. The molecule has 1 aliphatic heterocycles. The Hall–Kier alpha value is -9.55. The van der Waals surface area contributed by atoms with Gasteiger partial charge in [-0.1, -0.05) is 74.1 Å². The number of carboxylic acid groups (broad SMARTS) is 1. The lowest BCUT2D eigenvalue weighted by Crippen LogP contribution is -2.61. The summed E-state index contributed by atoms with van der Waals surface area (Å²) in [5.74, 6) is -14.0. The zero-order valence-corrected chi connectivity index (χ0v) is 62.5. The summed E-state index contributed by atoms with van der Waals surface area (Å²) < 4.78 is 0. The topological polar surface area (TPSA) is 604 Å². The van der Waals surface area contributed by atoms with E-state index in [1.807, 2.05) is 6.92 Å². The zero-order valence-electron chi connectivity index (χ0n) is 62.5. The van der Waals surface area contributed by atoms with Gasteiger partial charge >= 0.3 is 5.97 Å². The van der Waals surface area contributed by atoms with Gasteiger partial charge < -0.3 is 108 Å². The third-order valence-corrected chi connectivity index (χ3v) is 17.7. The third-order valence-electron chi connectivity index (χ3n) is 17.7. The van der Waals surface area contributed by atoms with Crippen LogP contribution in [-0.2, 0) is 78.3 Å². The van der Waals surface area contributed by atoms with Crippen molar-refractivity contribution in [2.24, 2.45) is 51.4 Å². The van der Waals surface area contributed by atoms with Crippen LogP contribution in [0.15, 0.2) is 17.5 Å². The molecule has 1 aromatic heterocycles. The molecule has 592 valence electrons. The molecule has 14 amide bonds.